The van der Waals surface area contributed by atoms with E-state index in [0.29, 0.717) is 61.6 Å². The number of rotatable bonds is 0. The molecule has 0 atom stereocenters. The quantitative estimate of drug-likeness (QED) is 0.201. The molecular weight excluding hydrogens is 681 g/mol. The Kier molecular flexibility index (Phi) is 9.32. The van der Waals surface area contributed by atoms with Crippen LogP contribution in [0.1, 0.15) is 61.0 Å². The number of benzene rings is 2. The van der Waals surface area contributed by atoms with Gasteiger partial charge in [-0.1, -0.05) is 49.2 Å². The highest BCUT2D eigenvalue weighted by Crippen LogP contribution is 2.38. The van der Waals surface area contributed by atoms with E-state index in [9.17, 15) is 19.2 Å². The smallest absolute Gasteiger partial charge is 0.275 e. The van der Waals surface area contributed by atoms with Crippen molar-refractivity contribution in [2.75, 3.05) is 65.4 Å². The third-order valence-corrected chi connectivity index (χ3v) is 12.1. The van der Waals surface area contributed by atoms with Crippen molar-refractivity contribution in [1.29, 1.82) is 0 Å². The van der Waals surface area contributed by atoms with Gasteiger partial charge in [0.05, 0.1) is 11.1 Å². The number of aromatic nitrogens is 2. The Hall–Kier alpha value is -5.20. The van der Waals surface area contributed by atoms with Gasteiger partial charge in [-0.3, -0.25) is 39.6 Å². The van der Waals surface area contributed by atoms with Crippen molar-refractivity contribution in [2.45, 2.75) is 51.4 Å². The van der Waals surface area contributed by atoms with E-state index in [1.807, 2.05) is 48.5 Å². The summed E-state index contributed by atoms with van der Waals surface area (Å²) in [6.07, 6.45) is 7.41. The molecule has 54 heavy (non-hydrogen) atoms. The fraction of sp³-hybridized carbons (Fsp3) is 0.429. The first-order valence-electron chi connectivity index (χ1n) is 19.8. The number of nitrogens with zero attached hydrogens (tertiary/aromatic N) is 4. The van der Waals surface area contributed by atoms with Crippen molar-refractivity contribution in [3.05, 3.63) is 82.4 Å². The number of fused-ring (bicyclic) bond motifs is 4. The van der Waals surface area contributed by atoms with Gasteiger partial charge in [-0.25, -0.2) is 0 Å². The second-order valence-corrected chi connectivity index (χ2v) is 15.3. The molecule has 2 aromatic carbocycles. The summed E-state index contributed by atoms with van der Waals surface area (Å²) in [4.78, 5) is 70.5. The maximum Gasteiger partial charge on any atom is 0.275 e. The monoisotopic (exact) mass is 728 g/mol. The number of nitrogens with one attached hydrogen (secondary N) is 4. The van der Waals surface area contributed by atoms with Crippen molar-refractivity contribution < 1.29 is 19.2 Å². The maximum absolute atomic E-state index is 13.6. The first kappa shape index (κ1) is 34.6. The van der Waals surface area contributed by atoms with Gasteiger partial charge in [0.1, 0.15) is 11.4 Å². The average molecular weight is 729 g/mol. The summed E-state index contributed by atoms with van der Waals surface area (Å²) in [6, 6.07) is 16.1. The minimum Gasteiger partial charge on any atom is -0.364 e. The van der Waals surface area contributed by atoms with Gasteiger partial charge in [-0.15, -0.1) is 0 Å². The molecule has 11 rings (SSSR count). The molecule has 280 valence electrons. The van der Waals surface area contributed by atoms with Crippen molar-refractivity contribution in [3.8, 4) is 0 Å². The number of hydrogen-bond acceptors (Lipinski definition) is 8. The average Bonchev–Trinajstić information content (AvgIpc) is 3.89. The van der Waals surface area contributed by atoms with Gasteiger partial charge < -0.3 is 19.8 Å². The first-order valence-corrected chi connectivity index (χ1v) is 19.8. The fourth-order valence-electron chi connectivity index (χ4n) is 9.32. The van der Waals surface area contributed by atoms with Crippen LogP contribution < -0.4 is 10.6 Å². The predicted molar refractivity (Wildman–Crippen MR) is 208 cm³/mol. The number of piperazine rings is 2. The van der Waals surface area contributed by atoms with Crippen LogP contribution in [0.2, 0.25) is 0 Å². The normalized spacial score (nSPS) is 23.6. The molecule has 0 saturated carbocycles. The van der Waals surface area contributed by atoms with Gasteiger partial charge in [0.15, 0.2) is 0 Å². The molecular formula is C42H48N8O4. The van der Waals surface area contributed by atoms with E-state index < -0.39 is 0 Å². The molecule has 0 unspecified atom stereocenters. The Bertz CT molecular complexity index is 2060. The van der Waals surface area contributed by atoms with E-state index in [1.165, 1.54) is 0 Å². The molecule has 7 aliphatic rings. The van der Waals surface area contributed by atoms with E-state index in [4.69, 9.17) is 0 Å². The Morgan fingerprint density at radius 3 is 1.28 bits per heavy atom. The first-order chi connectivity index (χ1) is 26.4. The van der Waals surface area contributed by atoms with Crippen LogP contribution in [0.25, 0.3) is 33.0 Å². The molecule has 4 amide bonds. The topological polar surface area (TPSA) is 137 Å². The van der Waals surface area contributed by atoms with Crippen LogP contribution >= 0.6 is 0 Å². The number of hydrogen-bond donors (Lipinski definition) is 4. The Morgan fingerprint density at radius 2 is 0.833 bits per heavy atom. The lowest BCUT2D eigenvalue weighted by atomic mass is 9.96. The fourth-order valence-corrected chi connectivity index (χ4v) is 9.32. The summed E-state index contributed by atoms with van der Waals surface area (Å²) in [7, 11) is 0. The highest BCUT2D eigenvalue weighted by atomic mass is 16.2. The van der Waals surface area contributed by atoms with Gasteiger partial charge in [0.2, 0.25) is 0 Å². The second-order valence-electron chi connectivity index (χ2n) is 15.3. The number of H-pyrrole nitrogens is 2. The highest BCUT2D eigenvalue weighted by molar-refractivity contribution is 6.38. The van der Waals surface area contributed by atoms with E-state index >= 15 is 0 Å². The molecule has 2 aromatic heterocycles. The second kappa shape index (κ2) is 14.6. The van der Waals surface area contributed by atoms with Crippen molar-refractivity contribution >= 4 is 56.6 Å². The maximum atomic E-state index is 13.6. The summed E-state index contributed by atoms with van der Waals surface area (Å²) >= 11 is 0. The SMILES string of the molecule is O=C1NC(=O)C2=C1c1c([nH]c3ccccc13)CCCCCc1[nH]c3ccccc3c1C1=C(C(=O)NC1=O)N1CCN(CCCCCN3CCN2CC3)CC1. The van der Waals surface area contributed by atoms with Gasteiger partial charge in [-0.2, -0.15) is 0 Å². The molecule has 12 heteroatoms. The van der Waals surface area contributed by atoms with Crippen LogP contribution in [0.15, 0.2) is 59.9 Å². The zero-order valence-electron chi connectivity index (χ0n) is 30.8. The number of imide groups is 2. The van der Waals surface area contributed by atoms with Crippen molar-refractivity contribution in [1.82, 2.24) is 40.2 Å². The Labute approximate surface area is 314 Å². The zero-order chi connectivity index (χ0) is 36.8. The van der Waals surface area contributed by atoms with Crippen LogP contribution in [0.3, 0.4) is 0 Å². The molecule has 7 aliphatic heterocycles. The standard InChI is InChI=1S/C42H48N8O4/c51-39-35-33-27-11-5-7-13-29(27)43-31(33)15-3-1-4-16-32-34(28-12-6-8-14-30(28)44-32)36-38(42(54)46-40(36)52)50-25-21-48(22-26-50)18-10-2-9-17-47-19-23-49(24-20-47)37(35)41(53)45-39/h5-8,11-14,43-44H,1-4,9-10,15-26H2,(H,45,51,53)(H,46,52,54). The van der Waals surface area contributed by atoms with Crippen molar-refractivity contribution in [2.24, 2.45) is 0 Å². The molecule has 2 fully saturated rings. The van der Waals surface area contributed by atoms with Crippen LogP contribution in [0.5, 0.6) is 0 Å². The minimum atomic E-state index is -0.327. The minimum absolute atomic E-state index is 0.307. The van der Waals surface area contributed by atoms with Crippen LogP contribution in [-0.2, 0) is 32.0 Å². The third kappa shape index (κ3) is 6.30. The molecule has 9 heterocycles. The van der Waals surface area contributed by atoms with Gasteiger partial charge in [0, 0.05) is 96.7 Å². The summed E-state index contributed by atoms with van der Waals surface area (Å²) in [5.74, 6) is -1.27. The summed E-state index contributed by atoms with van der Waals surface area (Å²) in [6.45, 7) is 8.28. The molecule has 2 saturated heterocycles. The molecule has 4 aromatic rings. The summed E-state index contributed by atoms with van der Waals surface area (Å²) in [5.41, 5.74) is 7.48. The number of aryl methyl sites for hydroxylation is 2. The Morgan fingerprint density at radius 1 is 0.426 bits per heavy atom. The molecule has 0 radical (unpaired) electrons. The molecule has 0 spiro atoms. The lowest BCUT2D eigenvalue weighted by Crippen LogP contribution is -2.47. The number of aromatic amines is 2. The molecule has 0 aliphatic carbocycles. The number of carbonyl (C=O) groups excluding carboxylic acids is 4. The number of carbonyl (C=O) groups is 4. The van der Waals surface area contributed by atoms with Gasteiger partial charge in [-0.05, 0) is 63.7 Å². The van der Waals surface area contributed by atoms with Gasteiger partial charge >= 0.3 is 0 Å². The molecule has 12 nitrogen and oxygen atoms in total. The number of para-hydroxylation sites is 2. The number of amides is 4. The van der Waals surface area contributed by atoms with E-state index in [1.54, 1.807) is 0 Å². The zero-order valence-corrected chi connectivity index (χ0v) is 30.8. The summed E-state index contributed by atoms with van der Waals surface area (Å²) in [5, 5.41) is 7.18. The molecule has 4 bridgehead atoms. The van der Waals surface area contributed by atoms with E-state index in [-0.39, 0.29) is 23.6 Å². The third-order valence-electron chi connectivity index (χ3n) is 12.1. The van der Waals surface area contributed by atoms with E-state index in [0.717, 1.165) is 122 Å². The highest BCUT2D eigenvalue weighted by Gasteiger charge is 2.39. The molecule has 4 N–H and O–H groups in total. The van der Waals surface area contributed by atoms with Crippen LogP contribution in [-0.4, -0.2) is 119 Å². The lowest BCUT2D eigenvalue weighted by Gasteiger charge is -2.37. The largest absolute Gasteiger partial charge is 0.364 e. The van der Waals surface area contributed by atoms with Crippen molar-refractivity contribution in [3.63, 3.8) is 0 Å². The van der Waals surface area contributed by atoms with Crippen LogP contribution in [0.4, 0.5) is 0 Å². The summed E-state index contributed by atoms with van der Waals surface area (Å²) < 4.78 is 0. The lowest BCUT2D eigenvalue weighted by molar-refractivity contribution is -0.126. The van der Waals surface area contributed by atoms with Gasteiger partial charge in [0.25, 0.3) is 23.6 Å². The van der Waals surface area contributed by atoms with E-state index in [2.05, 4.69) is 40.2 Å². The Balaban J connectivity index is 1.05. The van der Waals surface area contributed by atoms with Crippen LogP contribution in [0, 0.1) is 0 Å². The predicted octanol–water partition coefficient (Wildman–Crippen LogP) is 3.76.